The molecule has 0 aliphatic heterocycles. The van der Waals surface area contributed by atoms with Gasteiger partial charge >= 0.3 is 0 Å². The standard InChI is InChI=1S/C20H19N5O/c1-14-10-19(23-24(14)2)22-20(26)13-25-12-16(11-21-25)18-9-5-7-15-6-3-4-8-17(15)18/h3-12H,13H2,1-2H3,(H,22,23,26). The summed E-state index contributed by atoms with van der Waals surface area (Å²) in [5, 5.41) is 13.7. The molecule has 0 spiro atoms. The van der Waals surface area contributed by atoms with Gasteiger partial charge in [-0.25, -0.2) is 0 Å². The van der Waals surface area contributed by atoms with E-state index in [2.05, 4.69) is 39.8 Å². The SMILES string of the molecule is Cc1cc(NC(=O)Cn2cc(-c3cccc4ccccc34)cn2)nn1C. The van der Waals surface area contributed by atoms with Crippen molar-refractivity contribution in [2.24, 2.45) is 7.05 Å². The Hall–Kier alpha value is -3.41. The molecule has 0 saturated heterocycles. The Morgan fingerprint density at radius 2 is 1.96 bits per heavy atom. The zero-order chi connectivity index (χ0) is 18.1. The average molecular weight is 345 g/mol. The average Bonchev–Trinajstić information content (AvgIpc) is 3.21. The van der Waals surface area contributed by atoms with Crippen LogP contribution in [-0.4, -0.2) is 25.5 Å². The zero-order valence-electron chi connectivity index (χ0n) is 14.7. The van der Waals surface area contributed by atoms with Crippen molar-refractivity contribution in [1.82, 2.24) is 19.6 Å². The molecule has 6 nitrogen and oxygen atoms in total. The fourth-order valence-electron chi connectivity index (χ4n) is 3.02. The van der Waals surface area contributed by atoms with E-state index in [9.17, 15) is 4.79 Å². The number of fused-ring (bicyclic) bond motifs is 1. The summed E-state index contributed by atoms with van der Waals surface area (Å²) in [4.78, 5) is 12.2. The zero-order valence-corrected chi connectivity index (χ0v) is 14.7. The van der Waals surface area contributed by atoms with Gasteiger partial charge in [0.2, 0.25) is 5.91 Å². The van der Waals surface area contributed by atoms with Crippen LogP contribution in [0.5, 0.6) is 0 Å². The summed E-state index contributed by atoms with van der Waals surface area (Å²) in [6.07, 6.45) is 3.69. The lowest BCUT2D eigenvalue weighted by Gasteiger charge is -2.04. The third-order valence-electron chi connectivity index (χ3n) is 4.42. The van der Waals surface area contributed by atoms with Crippen molar-refractivity contribution in [2.75, 3.05) is 5.32 Å². The first-order valence-electron chi connectivity index (χ1n) is 8.41. The maximum atomic E-state index is 12.2. The van der Waals surface area contributed by atoms with E-state index in [1.165, 1.54) is 10.8 Å². The molecule has 26 heavy (non-hydrogen) atoms. The third-order valence-corrected chi connectivity index (χ3v) is 4.42. The van der Waals surface area contributed by atoms with E-state index in [0.717, 1.165) is 16.8 Å². The maximum absolute atomic E-state index is 12.2. The van der Waals surface area contributed by atoms with E-state index in [4.69, 9.17) is 0 Å². The summed E-state index contributed by atoms with van der Waals surface area (Å²) in [5.74, 6) is 0.395. The number of hydrogen-bond donors (Lipinski definition) is 1. The predicted octanol–water partition coefficient (Wildman–Crippen LogP) is 3.38. The molecule has 0 atom stereocenters. The van der Waals surface area contributed by atoms with E-state index in [-0.39, 0.29) is 12.5 Å². The highest BCUT2D eigenvalue weighted by Gasteiger charge is 2.10. The van der Waals surface area contributed by atoms with Crippen molar-refractivity contribution in [3.63, 3.8) is 0 Å². The van der Waals surface area contributed by atoms with Crippen molar-refractivity contribution in [3.05, 3.63) is 66.6 Å². The highest BCUT2D eigenvalue weighted by molar-refractivity contribution is 5.96. The first kappa shape index (κ1) is 16.1. The molecule has 6 heteroatoms. The van der Waals surface area contributed by atoms with Crippen LogP contribution in [0.4, 0.5) is 5.82 Å². The van der Waals surface area contributed by atoms with Crippen molar-refractivity contribution < 1.29 is 4.79 Å². The molecule has 1 N–H and O–H groups in total. The Bertz CT molecular complexity index is 1070. The van der Waals surface area contributed by atoms with Gasteiger partial charge in [0, 0.05) is 30.6 Å². The fraction of sp³-hybridized carbons (Fsp3) is 0.150. The van der Waals surface area contributed by atoms with Crippen molar-refractivity contribution in [1.29, 1.82) is 0 Å². The molecule has 4 aromatic rings. The summed E-state index contributed by atoms with van der Waals surface area (Å²) in [6, 6.07) is 16.3. The van der Waals surface area contributed by atoms with Crippen LogP contribution >= 0.6 is 0 Å². The maximum Gasteiger partial charge on any atom is 0.247 e. The summed E-state index contributed by atoms with van der Waals surface area (Å²) < 4.78 is 3.37. The number of benzene rings is 2. The number of amides is 1. The van der Waals surface area contributed by atoms with Gasteiger partial charge in [-0.15, -0.1) is 0 Å². The molecular formula is C20H19N5O. The van der Waals surface area contributed by atoms with Crippen molar-refractivity contribution in [3.8, 4) is 11.1 Å². The van der Waals surface area contributed by atoms with Crippen molar-refractivity contribution >= 4 is 22.5 Å². The molecule has 2 aromatic heterocycles. The predicted molar refractivity (Wildman–Crippen MR) is 102 cm³/mol. The molecule has 0 saturated carbocycles. The number of nitrogens with zero attached hydrogens (tertiary/aromatic N) is 4. The Balaban J connectivity index is 1.53. The first-order valence-corrected chi connectivity index (χ1v) is 8.41. The van der Waals surface area contributed by atoms with Gasteiger partial charge in [0.1, 0.15) is 6.54 Å². The van der Waals surface area contributed by atoms with Gasteiger partial charge < -0.3 is 5.32 Å². The van der Waals surface area contributed by atoms with Crippen LogP contribution in [0.2, 0.25) is 0 Å². The summed E-state index contributed by atoms with van der Waals surface area (Å²) >= 11 is 0. The van der Waals surface area contributed by atoms with E-state index in [1.807, 2.05) is 44.4 Å². The Morgan fingerprint density at radius 3 is 2.77 bits per heavy atom. The normalized spacial score (nSPS) is 11.0. The smallest absolute Gasteiger partial charge is 0.247 e. The highest BCUT2D eigenvalue weighted by Crippen LogP contribution is 2.28. The van der Waals surface area contributed by atoms with Crippen LogP contribution in [0.25, 0.3) is 21.9 Å². The fourth-order valence-corrected chi connectivity index (χ4v) is 3.02. The number of anilines is 1. The van der Waals surface area contributed by atoms with Gasteiger partial charge in [0.15, 0.2) is 5.82 Å². The summed E-state index contributed by atoms with van der Waals surface area (Å²) in [7, 11) is 1.84. The monoisotopic (exact) mass is 345 g/mol. The molecule has 130 valence electrons. The third kappa shape index (κ3) is 3.09. The second-order valence-corrected chi connectivity index (χ2v) is 6.30. The van der Waals surface area contributed by atoms with Gasteiger partial charge in [-0.05, 0) is 23.3 Å². The number of hydrogen-bond acceptors (Lipinski definition) is 3. The Kier molecular flexibility index (Phi) is 4.01. The molecule has 2 heterocycles. The van der Waals surface area contributed by atoms with Gasteiger partial charge in [0.25, 0.3) is 0 Å². The largest absolute Gasteiger partial charge is 0.308 e. The van der Waals surface area contributed by atoms with E-state index in [1.54, 1.807) is 15.6 Å². The van der Waals surface area contributed by atoms with Crippen LogP contribution in [0, 0.1) is 6.92 Å². The van der Waals surface area contributed by atoms with E-state index >= 15 is 0 Å². The number of aromatic nitrogens is 4. The number of carbonyl (C=O) groups is 1. The van der Waals surface area contributed by atoms with Gasteiger partial charge in [-0.3, -0.25) is 14.2 Å². The molecule has 0 aliphatic rings. The van der Waals surface area contributed by atoms with Gasteiger partial charge in [-0.2, -0.15) is 10.2 Å². The molecule has 4 rings (SSSR count). The highest BCUT2D eigenvalue weighted by atomic mass is 16.2. The number of nitrogens with one attached hydrogen (secondary N) is 1. The Morgan fingerprint density at radius 1 is 1.15 bits per heavy atom. The lowest BCUT2D eigenvalue weighted by molar-refractivity contribution is -0.116. The Labute approximate surface area is 151 Å². The topological polar surface area (TPSA) is 64.7 Å². The number of carbonyl (C=O) groups excluding carboxylic acids is 1. The minimum absolute atomic E-state index is 0.139. The minimum atomic E-state index is -0.157. The van der Waals surface area contributed by atoms with E-state index < -0.39 is 0 Å². The molecular weight excluding hydrogens is 326 g/mol. The first-order chi connectivity index (χ1) is 12.6. The molecule has 0 fully saturated rings. The summed E-state index contributed by atoms with van der Waals surface area (Å²) in [5.41, 5.74) is 3.08. The van der Waals surface area contributed by atoms with Gasteiger partial charge in [-0.1, -0.05) is 42.5 Å². The van der Waals surface area contributed by atoms with Gasteiger partial charge in [0.05, 0.1) is 6.20 Å². The molecule has 0 aliphatic carbocycles. The number of aryl methyl sites for hydroxylation is 2. The molecule has 0 bridgehead atoms. The molecule has 0 unspecified atom stereocenters. The van der Waals surface area contributed by atoms with Crippen LogP contribution < -0.4 is 5.32 Å². The van der Waals surface area contributed by atoms with Crippen LogP contribution in [0.1, 0.15) is 5.69 Å². The molecule has 1 amide bonds. The summed E-state index contributed by atoms with van der Waals surface area (Å²) in [6.45, 7) is 2.08. The molecule has 2 aromatic carbocycles. The molecule has 0 radical (unpaired) electrons. The second-order valence-electron chi connectivity index (χ2n) is 6.30. The van der Waals surface area contributed by atoms with Crippen LogP contribution in [0.15, 0.2) is 60.9 Å². The van der Waals surface area contributed by atoms with Crippen LogP contribution in [0.3, 0.4) is 0 Å². The van der Waals surface area contributed by atoms with Crippen LogP contribution in [-0.2, 0) is 18.4 Å². The lowest BCUT2D eigenvalue weighted by Crippen LogP contribution is -2.19. The number of rotatable bonds is 4. The second kappa shape index (κ2) is 6.48. The minimum Gasteiger partial charge on any atom is -0.308 e. The quantitative estimate of drug-likeness (QED) is 0.617. The lowest BCUT2D eigenvalue weighted by atomic mass is 10.0. The van der Waals surface area contributed by atoms with E-state index in [0.29, 0.717) is 5.82 Å². The van der Waals surface area contributed by atoms with Crippen molar-refractivity contribution in [2.45, 2.75) is 13.5 Å².